The molecule has 0 radical (unpaired) electrons. The van der Waals surface area contributed by atoms with E-state index in [1.807, 2.05) is 25.7 Å². The number of carbonyl (C=O) groups excluding carboxylic acids is 1. The number of epoxide rings is 1. The molecule has 0 unspecified atom stereocenters. The van der Waals surface area contributed by atoms with Crippen LogP contribution in [-0.4, -0.2) is 41.9 Å². The van der Waals surface area contributed by atoms with Crippen LogP contribution in [0.4, 0.5) is 4.79 Å². The fourth-order valence-electron chi connectivity index (χ4n) is 2.07. The van der Waals surface area contributed by atoms with Crippen molar-refractivity contribution in [2.75, 3.05) is 19.7 Å². The first-order valence-electron chi connectivity index (χ1n) is 6.02. The largest absolute Gasteiger partial charge is 0.444 e. The zero-order valence-electron chi connectivity index (χ0n) is 10.4. The highest BCUT2D eigenvalue weighted by molar-refractivity contribution is 5.68. The maximum atomic E-state index is 11.9. The van der Waals surface area contributed by atoms with Crippen molar-refractivity contribution in [2.45, 2.75) is 51.2 Å². The van der Waals surface area contributed by atoms with E-state index < -0.39 is 5.60 Å². The highest BCUT2D eigenvalue weighted by Crippen LogP contribution is 2.37. The number of carbonyl (C=O) groups is 1. The van der Waals surface area contributed by atoms with Crippen LogP contribution in [0, 0.1) is 0 Å². The summed E-state index contributed by atoms with van der Waals surface area (Å²) >= 11 is 0. The van der Waals surface area contributed by atoms with Crippen LogP contribution in [0.15, 0.2) is 0 Å². The van der Waals surface area contributed by atoms with Crippen LogP contribution in [0.2, 0.25) is 0 Å². The molecule has 1 spiro atoms. The molecule has 0 saturated carbocycles. The third-order valence-electron chi connectivity index (χ3n) is 3.10. The van der Waals surface area contributed by atoms with E-state index in [0.717, 1.165) is 39.0 Å². The van der Waals surface area contributed by atoms with Crippen LogP contribution in [0.5, 0.6) is 0 Å². The average molecular weight is 227 g/mol. The van der Waals surface area contributed by atoms with E-state index in [4.69, 9.17) is 9.47 Å². The van der Waals surface area contributed by atoms with E-state index >= 15 is 0 Å². The second-order valence-electron chi connectivity index (χ2n) is 5.79. The zero-order valence-corrected chi connectivity index (χ0v) is 10.4. The quantitative estimate of drug-likeness (QED) is 0.596. The van der Waals surface area contributed by atoms with Gasteiger partial charge in [-0.15, -0.1) is 0 Å². The Balaban J connectivity index is 1.87. The summed E-state index contributed by atoms with van der Waals surface area (Å²) in [5.74, 6) is 0. The van der Waals surface area contributed by atoms with Crippen molar-refractivity contribution < 1.29 is 14.3 Å². The molecule has 2 aliphatic rings. The van der Waals surface area contributed by atoms with Gasteiger partial charge in [-0.3, -0.25) is 0 Å². The summed E-state index contributed by atoms with van der Waals surface area (Å²) in [5, 5.41) is 0. The lowest BCUT2D eigenvalue weighted by molar-refractivity contribution is 0.0254. The van der Waals surface area contributed by atoms with Gasteiger partial charge in [-0.1, -0.05) is 0 Å². The van der Waals surface area contributed by atoms with Crippen molar-refractivity contribution in [3.8, 4) is 0 Å². The van der Waals surface area contributed by atoms with Gasteiger partial charge in [0.25, 0.3) is 0 Å². The molecular weight excluding hydrogens is 206 g/mol. The predicted octanol–water partition coefficient (Wildman–Crippen LogP) is 2.18. The van der Waals surface area contributed by atoms with Gasteiger partial charge < -0.3 is 14.4 Å². The van der Waals surface area contributed by atoms with Crippen LogP contribution in [-0.2, 0) is 9.47 Å². The molecule has 0 aliphatic carbocycles. The molecule has 2 aliphatic heterocycles. The van der Waals surface area contributed by atoms with Crippen LogP contribution in [0.3, 0.4) is 0 Å². The van der Waals surface area contributed by atoms with Gasteiger partial charge in [0.15, 0.2) is 0 Å². The Morgan fingerprint density at radius 2 is 2.00 bits per heavy atom. The van der Waals surface area contributed by atoms with E-state index in [9.17, 15) is 4.79 Å². The SMILES string of the molecule is CC(C)(C)OC(=O)N1CCC[C@]2(CC1)CO2. The second-order valence-corrected chi connectivity index (χ2v) is 5.79. The molecule has 1 amide bonds. The van der Waals surface area contributed by atoms with Crippen molar-refractivity contribution in [1.29, 1.82) is 0 Å². The monoisotopic (exact) mass is 227 g/mol. The zero-order chi connectivity index (χ0) is 11.8. The summed E-state index contributed by atoms with van der Waals surface area (Å²) in [4.78, 5) is 13.7. The number of likely N-dealkylation sites (tertiary alicyclic amines) is 1. The molecule has 2 heterocycles. The molecule has 0 aromatic heterocycles. The van der Waals surface area contributed by atoms with Gasteiger partial charge in [0.1, 0.15) is 5.60 Å². The Bertz CT molecular complexity index is 278. The van der Waals surface area contributed by atoms with E-state index in [1.54, 1.807) is 0 Å². The normalized spacial score (nSPS) is 30.1. The molecule has 2 rings (SSSR count). The predicted molar refractivity (Wildman–Crippen MR) is 60.3 cm³/mol. The summed E-state index contributed by atoms with van der Waals surface area (Å²) in [6.07, 6.45) is 2.85. The van der Waals surface area contributed by atoms with Crippen LogP contribution in [0.25, 0.3) is 0 Å². The molecule has 92 valence electrons. The minimum absolute atomic E-state index is 0.108. The van der Waals surface area contributed by atoms with Gasteiger partial charge in [0, 0.05) is 13.1 Å². The maximum Gasteiger partial charge on any atom is 0.410 e. The van der Waals surface area contributed by atoms with E-state index in [-0.39, 0.29) is 11.7 Å². The van der Waals surface area contributed by atoms with Crippen LogP contribution in [0.1, 0.15) is 40.0 Å². The van der Waals surface area contributed by atoms with Gasteiger partial charge in [-0.25, -0.2) is 4.79 Å². The highest BCUT2D eigenvalue weighted by atomic mass is 16.6. The molecule has 0 N–H and O–H groups in total. The summed E-state index contributed by atoms with van der Waals surface area (Å²) in [5.41, 5.74) is -0.298. The Morgan fingerprint density at radius 1 is 1.31 bits per heavy atom. The number of rotatable bonds is 0. The maximum absolute atomic E-state index is 11.9. The Kier molecular flexibility index (Phi) is 2.86. The van der Waals surface area contributed by atoms with Crippen molar-refractivity contribution in [3.05, 3.63) is 0 Å². The summed E-state index contributed by atoms with van der Waals surface area (Å²) in [6.45, 7) is 8.11. The molecule has 0 bridgehead atoms. The van der Waals surface area contributed by atoms with E-state index in [0.29, 0.717) is 0 Å². The summed E-state index contributed by atoms with van der Waals surface area (Å²) < 4.78 is 10.8. The Hall–Kier alpha value is -0.770. The highest BCUT2D eigenvalue weighted by Gasteiger charge is 2.45. The second kappa shape index (κ2) is 3.91. The number of ether oxygens (including phenoxy) is 2. The molecule has 16 heavy (non-hydrogen) atoms. The number of nitrogens with zero attached hydrogens (tertiary/aromatic N) is 1. The first-order chi connectivity index (χ1) is 7.40. The lowest BCUT2D eigenvalue weighted by Crippen LogP contribution is -2.37. The third-order valence-corrected chi connectivity index (χ3v) is 3.10. The van der Waals surface area contributed by atoms with Crippen LogP contribution >= 0.6 is 0 Å². The van der Waals surface area contributed by atoms with Crippen LogP contribution < -0.4 is 0 Å². The lowest BCUT2D eigenvalue weighted by atomic mass is 10.0. The molecule has 0 aromatic rings. The van der Waals surface area contributed by atoms with Gasteiger partial charge in [-0.05, 0) is 40.0 Å². The van der Waals surface area contributed by atoms with Gasteiger partial charge in [0.2, 0.25) is 0 Å². The Labute approximate surface area is 96.9 Å². The van der Waals surface area contributed by atoms with Gasteiger partial charge >= 0.3 is 6.09 Å². The number of hydrogen-bond donors (Lipinski definition) is 0. The fraction of sp³-hybridized carbons (Fsp3) is 0.917. The summed E-state index contributed by atoms with van der Waals surface area (Å²) in [6, 6.07) is 0. The topological polar surface area (TPSA) is 42.1 Å². The molecular formula is C12H21NO3. The van der Waals surface area contributed by atoms with Crippen molar-refractivity contribution >= 4 is 6.09 Å². The standard InChI is InChI=1S/C12H21NO3/c1-11(2,3)16-10(14)13-7-4-5-12(6-8-13)9-15-12/h4-9H2,1-3H3/t12-/m0/s1. The molecule has 2 saturated heterocycles. The number of amides is 1. The van der Waals surface area contributed by atoms with Crippen molar-refractivity contribution in [1.82, 2.24) is 4.90 Å². The van der Waals surface area contributed by atoms with Crippen molar-refractivity contribution in [3.63, 3.8) is 0 Å². The molecule has 4 heteroatoms. The molecule has 4 nitrogen and oxygen atoms in total. The van der Waals surface area contributed by atoms with Crippen molar-refractivity contribution in [2.24, 2.45) is 0 Å². The molecule has 1 atom stereocenters. The third kappa shape index (κ3) is 2.88. The first-order valence-corrected chi connectivity index (χ1v) is 6.02. The van der Waals surface area contributed by atoms with E-state index in [2.05, 4.69) is 0 Å². The molecule has 2 fully saturated rings. The number of hydrogen-bond acceptors (Lipinski definition) is 3. The minimum atomic E-state index is -0.406. The minimum Gasteiger partial charge on any atom is -0.444 e. The fourth-order valence-corrected chi connectivity index (χ4v) is 2.07. The lowest BCUT2D eigenvalue weighted by Gasteiger charge is -2.26. The smallest absolute Gasteiger partial charge is 0.410 e. The summed E-state index contributed by atoms with van der Waals surface area (Å²) in [7, 11) is 0. The van der Waals surface area contributed by atoms with E-state index in [1.165, 1.54) is 0 Å². The Morgan fingerprint density at radius 3 is 2.56 bits per heavy atom. The molecule has 0 aromatic carbocycles. The van der Waals surface area contributed by atoms with Gasteiger partial charge in [-0.2, -0.15) is 0 Å². The van der Waals surface area contributed by atoms with Gasteiger partial charge in [0.05, 0.1) is 12.2 Å². The first kappa shape index (κ1) is 11.7. The average Bonchev–Trinajstić information content (AvgIpc) is 2.92.